The van der Waals surface area contributed by atoms with Gasteiger partial charge in [0.1, 0.15) is 12.6 Å². The average molecular weight is 294 g/mol. The summed E-state index contributed by atoms with van der Waals surface area (Å²) in [6.07, 6.45) is -5.20. The number of nitrogens with one attached hydrogen (secondary N) is 1. The van der Waals surface area contributed by atoms with Crippen LogP contribution < -0.4 is 5.32 Å². The largest absolute Gasteiger partial charge is 0.405 e. The molecule has 0 saturated carbocycles. The van der Waals surface area contributed by atoms with Crippen molar-refractivity contribution in [1.82, 2.24) is 20.4 Å². The van der Waals surface area contributed by atoms with E-state index in [9.17, 15) is 23.1 Å². The summed E-state index contributed by atoms with van der Waals surface area (Å²) in [7, 11) is 0. The van der Waals surface area contributed by atoms with Gasteiger partial charge in [0, 0.05) is 13.0 Å². The minimum absolute atomic E-state index is 0.0875. The van der Waals surface area contributed by atoms with Crippen LogP contribution in [-0.2, 0) is 0 Å². The van der Waals surface area contributed by atoms with Crippen molar-refractivity contribution in [2.24, 2.45) is 0 Å². The van der Waals surface area contributed by atoms with Crippen molar-refractivity contribution < 1.29 is 27.6 Å². The number of aliphatic hydroxyl groups excluding tert-OH is 1. The fourth-order valence-corrected chi connectivity index (χ4v) is 2.00. The lowest BCUT2D eigenvalue weighted by Gasteiger charge is -2.22. The van der Waals surface area contributed by atoms with Gasteiger partial charge in [0.2, 0.25) is 5.89 Å². The molecule has 1 aliphatic heterocycles. The van der Waals surface area contributed by atoms with Crippen LogP contribution in [0.1, 0.15) is 24.2 Å². The lowest BCUT2D eigenvalue weighted by Crippen LogP contribution is -2.43. The van der Waals surface area contributed by atoms with E-state index in [0.717, 1.165) is 4.90 Å². The van der Waals surface area contributed by atoms with Gasteiger partial charge in [-0.2, -0.15) is 18.2 Å². The van der Waals surface area contributed by atoms with Crippen molar-refractivity contribution >= 4 is 6.03 Å². The molecule has 0 bridgehead atoms. The molecule has 2 N–H and O–H groups in total. The number of hydrogen-bond donors (Lipinski definition) is 2. The van der Waals surface area contributed by atoms with E-state index in [1.54, 1.807) is 12.2 Å². The highest BCUT2D eigenvalue weighted by Crippen LogP contribution is 2.31. The number of β-amino-alcohol motifs (C(OH)–C–C–N with tert-alkyl or cyclic N) is 1. The maximum absolute atomic E-state index is 12.1. The lowest BCUT2D eigenvalue weighted by atomic mass is 10.2. The van der Waals surface area contributed by atoms with E-state index in [1.807, 2.05) is 0 Å². The first kappa shape index (κ1) is 14.6. The van der Waals surface area contributed by atoms with E-state index in [2.05, 4.69) is 10.1 Å². The molecule has 0 aromatic carbocycles. The molecule has 2 rings (SSSR count). The van der Waals surface area contributed by atoms with Crippen molar-refractivity contribution in [3.05, 3.63) is 11.7 Å². The highest BCUT2D eigenvalue weighted by Gasteiger charge is 2.39. The van der Waals surface area contributed by atoms with Crippen molar-refractivity contribution in [2.45, 2.75) is 31.7 Å². The molecule has 1 fully saturated rings. The number of alkyl halides is 3. The Morgan fingerprint density at radius 1 is 1.60 bits per heavy atom. The smallest absolute Gasteiger partial charge is 0.391 e. The predicted molar refractivity (Wildman–Crippen MR) is 58.6 cm³/mol. The fraction of sp³-hybridized carbons (Fsp3) is 0.700. The minimum atomic E-state index is -4.50. The predicted octanol–water partition coefficient (Wildman–Crippen LogP) is 0.758. The van der Waals surface area contributed by atoms with Gasteiger partial charge >= 0.3 is 12.2 Å². The molecule has 20 heavy (non-hydrogen) atoms. The third kappa shape index (κ3) is 3.38. The topological polar surface area (TPSA) is 91.5 Å². The molecule has 2 amide bonds. The molecule has 0 spiro atoms. The number of carbonyl (C=O) groups excluding carboxylic acids is 1. The standard InChI is InChI=1S/C10H13F3N4O3/c1-5-15-8(20-16-5)7-2-6(18)3-17(7)9(19)14-4-10(11,12)13/h6-7,18H,2-4H2,1H3,(H,14,19)/t6-,7+/m0/s1. The molecule has 2 heterocycles. The van der Waals surface area contributed by atoms with Gasteiger partial charge < -0.3 is 19.8 Å². The number of hydrogen-bond acceptors (Lipinski definition) is 5. The summed E-state index contributed by atoms with van der Waals surface area (Å²) in [4.78, 5) is 16.7. The average Bonchev–Trinajstić information content (AvgIpc) is 2.91. The Balaban J connectivity index is 2.06. The van der Waals surface area contributed by atoms with Crippen LogP contribution in [0.3, 0.4) is 0 Å². The first-order valence-corrected chi connectivity index (χ1v) is 5.86. The number of carbonyl (C=O) groups is 1. The van der Waals surface area contributed by atoms with E-state index in [1.165, 1.54) is 0 Å². The molecular weight excluding hydrogens is 281 g/mol. The van der Waals surface area contributed by atoms with Crippen LogP contribution in [0.2, 0.25) is 0 Å². The molecule has 1 aromatic rings. The quantitative estimate of drug-likeness (QED) is 0.840. The third-order valence-electron chi connectivity index (χ3n) is 2.81. The summed E-state index contributed by atoms with van der Waals surface area (Å²) in [5.41, 5.74) is 0. The summed E-state index contributed by atoms with van der Waals surface area (Å²) in [5, 5.41) is 14.9. The Hall–Kier alpha value is -1.84. The van der Waals surface area contributed by atoms with Crippen molar-refractivity contribution in [3.8, 4) is 0 Å². The summed E-state index contributed by atoms with van der Waals surface area (Å²) >= 11 is 0. The number of aromatic nitrogens is 2. The summed E-state index contributed by atoms with van der Waals surface area (Å²) in [6, 6.07) is -1.65. The molecular formula is C10H13F3N4O3. The maximum Gasteiger partial charge on any atom is 0.405 e. The Labute approximate surface area is 111 Å². The van der Waals surface area contributed by atoms with Crippen molar-refractivity contribution in [2.75, 3.05) is 13.1 Å². The van der Waals surface area contributed by atoms with E-state index in [4.69, 9.17) is 4.52 Å². The minimum Gasteiger partial charge on any atom is -0.391 e. The van der Waals surface area contributed by atoms with E-state index in [0.29, 0.717) is 5.82 Å². The zero-order chi connectivity index (χ0) is 14.9. The number of rotatable bonds is 2. The van der Waals surface area contributed by atoms with Gasteiger partial charge in [-0.1, -0.05) is 5.16 Å². The molecule has 112 valence electrons. The van der Waals surface area contributed by atoms with Crippen LogP contribution in [0.25, 0.3) is 0 Å². The third-order valence-corrected chi connectivity index (χ3v) is 2.81. The van der Waals surface area contributed by atoms with E-state index in [-0.39, 0.29) is 18.9 Å². The first-order valence-electron chi connectivity index (χ1n) is 5.86. The highest BCUT2D eigenvalue weighted by molar-refractivity contribution is 5.75. The molecule has 1 aliphatic rings. The molecule has 0 radical (unpaired) electrons. The molecule has 0 unspecified atom stereocenters. The van der Waals surface area contributed by atoms with Crippen molar-refractivity contribution in [1.29, 1.82) is 0 Å². The van der Waals surface area contributed by atoms with Crippen molar-refractivity contribution in [3.63, 3.8) is 0 Å². The fourth-order valence-electron chi connectivity index (χ4n) is 2.00. The number of amides is 2. The Kier molecular flexibility index (Phi) is 3.84. The monoisotopic (exact) mass is 294 g/mol. The second-order valence-electron chi connectivity index (χ2n) is 4.51. The van der Waals surface area contributed by atoms with Crippen LogP contribution in [0.15, 0.2) is 4.52 Å². The van der Waals surface area contributed by atoms with Crippen LogP contribution in [0.5, 0.6) is 0 Å². The number of likely N-dealkylation sites (tertiary alicyclic amines) is 1. The number of aliphatic hydroxyl groups is 1. The summed E-state index contributed by atoms with van der Waals surface area (Å²) in [5.74, 6) is 0.443. The summed E-state index contributed by atoms with van der Waals surface area (Å²) in [6.45, 7) is 0.0518. The van der Waals surface area contributed by atoms with Gasteiger partial charge in [-0.05, 0) is 6.92 Å². The van der Waals surface area contributed by atoms with Crippen LogP contribution in [-0.4, -0.2) is 51.5 Å². The Morgan fingerprint density at radius 3 is 2.85 bits per heavy atom. The summed E-state index contributed by atoms with van der Waals surface area (Å²) < 4.78 is 41.1. The molecule has 1 saturated heterocycles. The van der Waals surface area contributed by atoms with Gasteiger partial charge in [0.05, 0.1) is 6.10 Å². The maximum atomic E-state index is 12.1. The van der Waals surface area contributed by atoms with Gasteiger partial charge in [-0.25, -0.2) is 4.79 Å². The highest BCUT2D eigenvalue weighted by atomic mass is 19.4. The van der Waals surface area contributed by atoms with E-state index < -0.39 is 30.9 Å². The molecule has 10 heteroatoms. The number of aryl methyl sites for hydroxylation is 1. The van der Waals surface area contributed by atoms with Gasteiger partial charge in [-0.15, -0.1) is 0 Å². The molecule has 2 atom stereocenters. The Bertz CT molecular complexity index is 490. The molecule has 0 aliphatic carbocycles. The second-order valence-corrected chi connectivity index (χ2v) is 4.51. The van der Waals surface area contributed by atoms with E-state index >= 15 is 0 Å². The van der Waals surface area contributed by atoms with Gasteiger partial charge in [0.25, 0.3) is 0 Å². The zero-order valence-corrected chi connectivity index (χ0v) is 10.5. The van der Waals surface area contributed by atoms with Crippen LogP contribution >= 0.6 is 0 Å². The lowest BCUT2D eigenvalue weighted by molar-refractivity contribution is -0.123. The van der Waals surface area contributed by atoms with Crippen LogP contribution in [0.4, 0.5) is 18.0 Å². The molecule has 7 nitrogen and oxygen atoms in total. The normalized spacial score (nSPS) is 23.1. The first-order chi connectivity index (χ1) is 9.26. The Morgan fingerprint density at radius 2 is 2.30 bits per heavy atom. The number of halogens is 3. The van der Waals surface area contributed by atoms with Crippen LogP contribution in [0, 0.1) is 6.92 Å². The number of urea groups is 1. The van der Waals surface area contributed by atoms with Gasteiger partial charge in [-0.3, -0.25) is 0 Å². The second kappa shape index (κ2) is 5.27. The zero-order valence-electron chi connectivity index (χ0n) is 10.5. The SMILES string of the molecule is Cc1noc([C@H]2C[C@H](O)CN2C(=O)NCC(F)(F)F)n1. The van der Waals surface area contributed by atoms with Gasteiger partial charge in [0.15, 0.2) is 5.82 Å². The number of nitrogens with zero attached hydrogens (tertiary/aromatic N) is 3. The molecule has 1 aromatic heterocycles.